The van der Waals surface area contributed by atoms with Crippen LogP contribution in [0.5, 0.6) is 0 Å². The molecule has 2 aromatic carbocycles. The van der Waals surface area contributed by atoms with Gasteiger partial charge < -0.3 is 10.1 Å². The zero-order chi connectivity index (χ0) is 21.8. The summed E-state index contributed by atoms with van der Waals surface area (Å²) in [4.78, 5) is 27.8. The number of morpholine rings is 1. The van der Waals surface area contributed by atoms with Crippen molar-refractivity contribution in [2.45, 2.75) is 26.1 Å². The molecular formula is C23H27FN4O3. The van der Waals surface area contributed by atoms with Crippen LogP contribution in [0.2, 0.25) is 0 Å². The average molecular weight is 426 g/mol. The van der Waals surface area contributed by atoms with Gasteiger partial charge in [0.15, 0.2) is 0 Å². The Hall–Kier alpha value is -2.97. The molecular weight excluding hydrogens is 399 g/mol. The summed E-state index contributed by atoms with van der Waals surface area (Å²) in [6.07, 6.45) is 0. The predicted octanol–water partition coefficient (Wildman–Crippen LogP) is 2.15. The van der Waals surface area contributed by atoms with Crippen molar-refractivity contribution in [1.82, 2.24) is 19.4 Å². The summed E-state index contributed by atoms with van der Waals surface area (Å²) in [5.74, 6) is -0.559. The molecule has 1 saturated heterocycles. The number of carbonyl (C=O) groups excluding carboxylic acids is 1. The first-order valence-corrected chi connectivity index (χ1v) is 10.6. The van der Waals surface area contributed by atoms with Crippen LogP contribution in [-0.2, 0) is 22.6 Å². The molecule has 1 aromatic heterocycles. The van der Waals surface area contributed by atoms with E-state index in [1.165, 1.54) is 16.7 Å². The molecule has 8 heteroatoms. The minimum absolute atomic E-state index is 0.0642. The van der Waals surface area contributed by atoms with Crippen LogP contribution in [0, 0.1) is 5.82 Å². The van der Waals surface area contributed by atoms with Crippen molar-refractivity contribution in [2.75, 3.05) is 32.8 Å². The molecule has 2 heterocycles. The third kappa shape index (κ3) is 4.55. The summed E-state index contributed by atoms with van der Waals surface area (Å²) in [5.41, 5.74) is 2.16. The summed E-state index contributed by atoms with van der Waals surface area (Å²) < 4.78 is 22.4. The van der Waals surface area contributed by atoms with Crippen molar-refractivity contribution in [2.24, 2.45) is 0 Å². The van der Waals surface area contributed by atoms with Gasteiger partial charge in [-0.3, -0.25) is 18.8 Å². The highest BCUT2D eigenvalue weighted by atomic mass is 19.1. The average Bonchev–Trinajstić information content (AvgIpc) is 3.05. The molecule has 1 aliphatic rings. The number of para-hydroxylation sites is 2. The molecule has 164 valence electrons. The van der Waals surface area contributed by atoms with E-state index < -0.39 is 0 Å². The first-order valence-electron chi connectivity index (χ1n) is 10.6. The van der Waals surface area contributed by atoms with Crippen molar-refractivity contribution in [3.8, 4) is 0 Å². The van der Waals surface area contributed by atoms with Crippen LogP contribution >= 0.6 is 0 Å². The summed E-state index contributed by atoms with van der Waals surface area (Å²) >= 11 is 0. The second-order valence-electron chi connectivity index (χ2n) is 7.62. The number of aromatic nitrogens is 2. The number of nitrogens with zero attached hydrogens (tertiary/aromatic N) is 3. The van der Waals surface area contributed by atoms with Crippen LogP contribution < -0.4 is 11.0 Å². The van der Waals surface area contributed by atoms with Gasteiger partial charge in [-0.1, -0.05) is 24.3 Å². The molecule has 0 aliphatic carbocycles. The van der Waals surface area contributed by atoms with Gasteiger partial charge in [-0.05, 0) is 36.8 Å². The Morgan fingerprint density at radius 3 is 2.48 bits per heavy atom. The second kappa shape index (κ2) is 9.45. The Kier molecular flexibility index (Phi) is 6.48. The van der Waals surface area contributed by atoms with Crippen LogP contribution in [0.1, 0.15) is 18.5 Å². The Bertz CT molecular complexity index is 1120. The molecule has 0 saturated carbocycles. The number of aryl methyl sites for hydroxylation is 1. The van der Waals surface area contributed by atoms with Crippen LogP contribution in [0.4, 0.5) is 4.39 Å². The maximum atomic E-state index is 13.8. The minimum atomic E-state index is -0.305. The van der Waals surface area contributed by atoms with Gasteiger partial charge in [0.05, 0.1) is 30.3 Å². The Morgan fingerprint density at radius 2 is 1.81 bits per heavy atom. The van der Waals surface area contributed by atoms with Crippen LogP contribution in [0.25, 0.3) is 11.0 Å². The van der Waals surface area contributed by atoms with Gasteiger partial charge in [-0.2, -0.15) is 0 Å². The highest BCUT2D eigenvalue weighted by molar-refractivity contribution is 5.81. The van der Waals surface area contributed by atoms with Gasteiger partial charge in [0.2, 0.25) is 5.91 Å². The number of ether oxygens (including phenoxy) is 1. The molecule has 0 spiro atoms. The number of carbonyl (C=O) groups is 1. The van der Waals surface area contributed by atoms with Crippen molar-refractivity contribution in [3.63, 3.8) is 0 Å². The lowest BCUT2D eigenvalue weighted by molar-refractivity contribution is -0.122. The van der Waals surface area contributed by atoms with E-state index in [9.17, 15) is 14.0 Å². The van der Waals surface area contributed by atoms with Gasteiger partial charge in [0.1, 0.15) is 12.4 Å². The molecule has 31 heavy (non-hydrogen) atoms. The van der Waals surface area contributed by atoms with Gasteiger partial charge in [-0.25, -0.2) is 9.18 Å². The highest BCUT2D eigenvalue weighted by Gasteiger charge is 2.24. The maximum Gasteiger partial charge on any atom is 0.329 e. The van der Waals surface area contributed by atoms with Crippen LogP contribution in [-0.4, -0.2) is 52.8 Å². The minimum Gasteiger partial charge on any atom is -0.379 e. The Labute approximate surface area is 180 Å². The number of nitrogens with one attached hydrogen (secondary N) is 1. The van der Waals surface area contributed by atoms with E-state index in [1.54, 1.807) is 10.6 Å². The first kappa shape index (κ1) is 21.3. The fourth-order valence-corrected chi connectivity index (χ4v) is 4.20. The summed E-state index contributed by atoms with van der Waals surface area (Å²) in [6.45, 7) is 5.32. The molecule has 1 aliphatic heterocycles. The van der Waals surface area contributed by atoms with Gasteiger partial charge >= 0.3 is 5.69 Å². The fourth-order valence-electron chi connectivity index (χ4n) is 4.20. The SMILES string of the molecule is CCn1c(=O)n(CC(=O)NCC(c2cccc(F)c2)N2CCOCC2)c2ccccc21. The number of imidazole rings is 1. The lowest BCUT2D eigenvalue weighted by Gasteiger charge is -2.35. The van der Waals surface area contributed by atoms with Crippen molar-refractivity contribution < 1.29 is 13.9 Å². The normalized spacial score (nSPS) is 15.8. The van der Waals surface area contributed by atoms with Gasteiger partial charge in [-0.15, -0.1) is 0 Å². The standard InChI is InChI=1S/C23H27FN4O3/c1-2-27-19-8-3-4-9-20(19)28(23(27)30)16-22(29)25-15-21(26-10-12-31-13-11-26)17-6-5-7-18(24)14-17/h3-9,14,21H,2,10-13,15-16H2,1H3,(H,25,29). The molecule has 1 N–H and O–H groups in total. The summed E-state index contributed by atoms with van der Waals surface area (Å²) in [5, 5.41) is 2.95. The van der Waals surface area contributed by atoms with Crippen molar-refractivity contribution in [3.05, 3.63) is 70.4 Å². The quantitative estimate of drug-likeness (QED) is 0.629. The van der Waals surface area contributed by atoms with Crippen LogP contribution in [0.3, 0.4) is 0 Å². The highest BCUT2D eigenvalue weighted by Crippen LogP contribution is 2.22. The predicted molar refractivity (Wildman–Crippen MR) is 116 cm³/mol. The molecule has 7 nitrogen and oxygen atoms in total. The van der Waals surface area contributed by atoms with E-state index in [0.717, 1.165) is 16.6 Å². The molecule has 1 atom stereocenters. The number of rotatable bonds is 7. The Balaban J connectivity index is 1.52. The Morgan fingerprint density at radius 1 is 1.10 bits per heavy atom. The van der Waals surface area contributed by atoms with E-state index in [1.807, 2.05) is 37.3 Å². The zero-order valence-corrected chi connectivity index (χ0v) is 17.6. The number of fused-ring (bicyclic) bond motifs is 1. The van der Waals surface area contributed by atoms with Crippen molar-refractivity contribution in [1.29, 1.82) is 0 Å². The number of hydrogen-bond acceptors (Lipinski definition) is 4. The van der Waals surface area contributed by atoms with Gasteiger partial charge in [0.25, 0.3) is 0 Å². The lowest BCUT2D eigenvalue weighted by atomic mass is 10.0. The zero-order valence-electron chi connectivity index (χ0n) is 17.6. The molecule has 0 bridgehead atoms. The van der Waals surface area contributed by atoms with Crippen molar-refractivity contribution >= 4 is 16.9 Å². The van der Waals surface area contributed by atoms with E-state index in [0.29, 0.717) is 39.4 Å². The third-order valence-electron chi connectivity index (χ3n) is 5.76. The fraction of sp³-hybridized carbons (Fsp3) is 0.391. The molecule has 1 unspecified atom stereocenters. The lowest BCUT2D eigenvalue weighted by Crippen LogP contribution is -2.44. The third-order valence-corrected chi connectivity index (χ3v) is 5.76. The second-order valence-corrected chi connectivity index (χ2v) is 7.62. The number of halogens is 1. The van der Waals surface area contributed by atoms with E-state index in [2.05, 4.69) is 10.2 Å². The van der Waals surface area contributed by atoms with Crippen LogP contribution in [0.15, 0.2) is 53.3 Å². The van der Waals surface area contributed by atoms with E-state index in [4.69, 9.17) is 4.74 Å². The summed E-state index contributed by atoms with van der Waals surface area (Å²) in [6, 6.07) is 13.8. The summed E-state index contributed by atoms with van der Waals surface area (Å²) in [7, 11) is 0. The molecule has 1 fully saturated rings. The molecule has 4 rings (SSSR count). The molecule has 1 amide bonds. The van der Waals surface area contributed by atoms with E-state index in [-0.39, 0.29) is 30.0 Å². The van der Waals surface area contributed by atoms with E-state index >= 15 is 0 Å². The monoisotopic (exact) mass is 426 g/mol. The number of benzene rings is 2. The smallest absolute Gasteiger partial charge is 0.329 e. The topological polar surface area (TPSA) is 68.5 Å². The number of amides is 1. The largest absolute Gasteiger partial charge is 0.379 e. The van der Waals surface area contributed by atoms with Gasteiger partial charge in [0, 0.05) is 26.2 Å². The number of hydrogen-bond donors (Lipinski definition) is 1. The first-order chi connectivity index (χ1) is 15.1. The molecule has 0 radical (unpaired) electrons. The molecule has 3 aromatic rings. The maximum absolute atomic E-state index is 13.8.